The zero-order valence-electron chi connectivity index (χ0n) is 24.8. The topological polar surface area (TPSA) is 69.8 Å². The van der Waals surface area contributed by atoms with Crippen LogP contribution >= 0.6 is 0 Å². The van der Waals surface area contributed by atoms with E-state index in [1.165, 1.54) is 0 Å². The lowest BCUT2D eigenvalue weighted by molar-refractivity contribution is 0.587. The molecule has 0 saturated carbocycles. The molecule has 0 aliphatic carbocycles. The van der Waals surface area contributed by atoms with E-state index in [0.29, 0.717) is 6.54 Å². The zero-order chi connectivity index (χ0) is 29.8. The van der Waals surface area contributed by atoms with E-state index in [2.05, 4.69) is 53.3 Å². The van der Waals surface area contributed by atoms with Crippen molar-refractivity contribution in [2.24, 2.45) is 0 Å². The smallest absolute Gasteiger partial charge is 0.292 e. The van der Waals surface area contributed by atoms with Crippen LogP contribution in [-0.2, 0) is 6.54 Å². The summed E-state index contributed by atoms with van der Waals surface area (Å²) in [6.07, 6.45) is 0.912. The van der Waals surface area contributed by atoms with E-state index < -0.39 is 0 Å². The van der Waals surface area contributed by atoms with Gasteiger partial charge in [0, 0.05) is 34.5 Å². The Morgan fingerprint density at radius 3 is 1.62 bits per heavy atom. The van der Waals surface area contributed by atoms with Crippen LogP contribution < -0.4 is 11.4 Å². The summed E-state index contributed by atoms with van der Waals surface area (Å²) in [5, 5.41) is 2.04. The van der Waals surface area contributed by atoms with Crippen molar-refractivity contribution in [1.29, 1.82) is 0 Å². The quantitative estimate of drug-likeness (QED) is 0.218. The van der Waals surface area contributed by atoms with Crippen molar-refractivity contribution in [3.05, 3.63) is 129 Å². The maximum atomic E-state index is 12.4. The van der Waals surface area contributed by atoms with Gasteiger partial charge in [-0.05, 0) is 57.4 Å². The van der Waals surface area contributed by atoms with Gasteiger partial charge in [0.15, 0.2) is 0 Å². The number of aromatic nitrogens is 4. The first kappa shape index (κ1) is 28.7. The van der Waals surface area contributed by atoms with Crippen LogP contribution in [0.2, 0.25) is 0 Å². The molecule has 6 heteroatoms. The third kappa shape index (κ3) is 5.79. The van der Waals surface area contributed by atoms with Gasteiger partial charge in [-0.15, -0.1) is 0 Å². The second-order valence-corrected chi connectivity index (χ2v) is 10.9. The summed E-state index contributed by atoms with van der Waals surface area (Å²) in [7, 11) is 0. The SMILES string of the molecule is CCCn1c(=O)nc(-c2ccccc2)c2ccc(C)cc21.Cc1ccc2c(-c3ccccc3)nc(=O)n(C(C)C)c2c1. The predicted molar refractivity (Wildman–Crippen MR) is 173 cm³/mol. The Hall–Kier alpha value is -4.84. The highest BCUT2D eigenvalue weighted by atomic mass is 16.1. The number of hydrogen-bond acceptors (Lipinski definition) is 4. The lowest BCUT2D eigenvalue weighted by Gasteiger charge is -2.16. The molecule has 6 rings (SSSR count). The van der Waals surface area contributed by atoms with Gasteiger partial charge in [-0.1, -0.05) is 91.9 Å². The molecule has 0 aliphatic heterocycles. The van der Waals surface area contributed by atoms with Crippen LogP contribution in [0.5, 0.6) is 0 Å². The summed E-state index contributed by atoms with van der Waals surface area (Å²) in [6, 6.07) is 32.2. The van der Waals surface area contributed by atoms with Crippen LogP contribution in [0.3, 0.4) is 0 Å². The van der Waals surface area contributed by atoms with Gasteiger partial charge in [0.2, 0.25) is 0 Å². The predicted octanol–water partition coefficient (Wildman–Crippen LogP) is 7.73. The Balaban J connectivity index is 0.000000168. The maximum absolute atomic E-state index is 12.4. The highest BCUT2D eigenvalue weighted by molar-refractivity contribution is 5.93. The minimum absolute atomic E-state index is 0.0825. The number of hydrogen-bond donors (Lipinski definition) is 0. The molecule has 2 heterocycles. The third-order valence-electron chi connectivity index (χ3n) is 7.28. The summed E-state index contributed by atoms with van der Waals surface area (Å²) in [6.45, 7) is 10.9. The van der Waals surface area contributed by atoms with Gasteiger partial charge < -0.3 is 0 Å². The molecule has 0 saturated heterocycles. The van der Waals surface area contributed by atoms with Crippen LogP contribution in [0.4, 0.5) is 0 Å². The molecule has 4 aromatic carbocycles. The highest BCUT2D eigenvalue weighted by Crippen LogP contribution is 2.28. The number of benzene rings is 4. The number of rotatable bonds is 5. The van der Waals surface area contributed by atoms with E-state index in [4.69, 9.17) is 0 Å². The fourth-order valence-electron chi connectivity index (χ4n) is 5.31. The van der Waals surface area contributed by atoms with Crippen molar-refractivity contribution in [3.63, 3.8) is 0 Å². The molecule has 0 amide bonds. The molecule has 0 atom stereocenters. The first-order valence-electron chi connectivity index (χ1n) is 14.4. The van der Waals surface area contributed by atoms with E-state index >= 15 is 0 Å². The molecule has 2 aromatic heterocycles. The van der Waals surface area contributed by atoms with Crippen LogP contribution in [0.1, 0.15) is 44.4 Å². The monoisotopic (exact) mass is 556 g/mol. The van der Waals surface area contributed by atoms with Crippen molar-refractivity contribution in [2.45, 2.75) is 53.6 Å². The fourth-order valence-corrected chi connectivity index (χ4v) is 5.31. The summed E-state index contributed by atoms with van der Waals surface area (Å²) in [5.41, 5.74) is 7.32. The minimum Gasteiger partial charge on any atom is -0.292 e. The number of nitrogens with zero attached hydrogens (tertiary/aromatic N) is 4. The zero-order valence-corrected chi connectivity index (χ0v) is 24.8. The fraction of sp³-hybridized carbons (Fsp3) is 0.222. The molecular weight excluding hydrogens is 520 g/mol. The Kier molecular flexibility index (Phi) is 8.43. The summed E-state index contributed by atoms with van der Waals surface area (Å²) >= 11 is 0. The van der Waals surface area contributed by atoms with E-state index in [0.717, 1.165) is 61.9 Å². The Morgan fingerprint density at radius 2 is 1.12 bits per heavy atom. The average molecular weight is 557 g/mol. The molecule has 42 heavy (non-hydrogen) atoms. The minimum atomic E-state index is -0.193. The van der Waals surface area contributed by atoms with Crippen LogP contribution in [0.25, 0.3) is 44.3 Å². The lowest BCUT2D eigenvalue weighted by Crippen LogP contribution is -2.25. The molecular formula is C36H36N4O2. The van der Waals surface area contributed by atoms with E-state index in [1.807, 2.05) is 88.4 Å². The molecule has 6 aromatic rings. The third-order valence-corrected chi connectivity index (χ3v) is 7.28. The first-order chi connectivity index (χ1) is 20.3. The molecule has 212 valence electrons. The summed E-state index contributed by atoms with van der Waals surface area (Å²) in [5.74, 6) is 0. The number of aryl methyl sites for hydroxylation is 3. The Labute approximate surface area is 246 Å². The van der Waals surface area contributed by atoms with Gasteiger partial charge >= 0.3 is 11.4 Å². The Morgan fingerprint density at radius 1 is 0.643 bits per heavy atom. The van der Waals surface area contributed by atoms with Gasteiger partial charge in [-0.25, -0.2) is 9.59 Å². The van der Waals surface area contributed by atoms with Crippen molar-refractivity contribution < 1.29 is 0 Å². The lowest BCUT2D eigenvalue weighted by atomic mass is 10.0. The van der Waals surface area contributed by atoms with E-state index in [1.54, 1.807) is 9.13 Å². The second-order valence-electron chi connectivity index (χ2n) is 10.9. The van der Waals surface area contributed by atoms with Crippen LogP contribution in [0.15, 0.2) is 107 Å². The molecule has 0 aliphatic rings. The number of fused-ring (bicyclic) bond motifs is 2. The van der Waals surface area contributed by atoms with Crippen molar-refractivity contribution >= 4 is 21.8 Å². The van der Waals surface area contributed by atoms with Crippen molar-refractivity contribution in [2.75, 3.05) is 0 Å². The van der Waals surface area contributed by atoms with E-state index in [-0.39, 0.29) is 17.4 Å². The van der Waals surface area contributed by atoms with Crippen molar-refractivity contribution in [3.8, 4) is 22.5 Å². The van der Waals surface area contributed by atoms with Crippen LogP contribution in [0, 0.1) is 13.8 Å². The molecule has 0 fully saturated rings. The molecule has 0 bridgehead atoms. The van der Waals surface area contributed by atoms with Gasteiger partial charge in [0.25, 0.3) is 0 Å². The van der Waals surface area contributed by atoms with Crippen molar-refractivity contribution in [1.82, 2.24) is 19.1 Å². The van der Waals surface area contributed by atoms with E-state index in [9.17, 15) is 9.59 Å². The molecule has 0 unspecified atom stereocenters. The normalized spacial score (nSPS) is 11.1. The summed E-state index contributed by atoms with van der Waals surface area (Å²) in [4.78, 5) is 33.5. The average Bonchev–Trinajstić information content (AvgIpc) is 2.99. The second kappa shape index (κ2) is 12.4. The Bertz CT molecular complexity index is 1970. The van der Waals surface area contributed by atoms with Gasteiger partial charge in [-0.2, -0.15) is 9.97 Å². The highest BCUT2D eigenvalue weighted by Gasteiger charge is 2.14. The van der Waals surface area contributed by atoms with Gasteiger partial charge in [-0.3, -0.25) is 9.13 Å². The van der Waals surface area contributed by atoms with Gasteiger partial charge in [0.1, 0.15) is 0 Å². The standard InChI is InChI=1S/2C18H18N2O/c1-12(2)20-16-11-13(3)9-10-15(16)17(19-18(20)21)14-7-5-4-6-8-14;1-3-11-20-16-12-13(2)9-10-15(16)17(19-18(20)21)14-7-5-4-6-8-14/h4-12H,1-3H3;4-10,12H,3,11H2,1-2H3. The summed E-state index contributed by atoms with van der Waals surface area (Å²) < 4.78 is 3.53. The largest absolute Gasteiger partial charge is 0.348 e. The maximum Gasteiger partial charge on any atom is 0.348 e. The molecule has 0 N–H and O–H groups in total. The molecule has 0 radical (unpaired) electrons. The van der Waals surface area contributed by atoms with Crippen LogP contribution in [-0.4, -0.2) is 19.1 Å². The first-order valence-corrected chi connectivity index (χ1v) is 14.4. The molecule has 0 spiro atoms. The molecule has 6 nitrogen and oxygen atoms in total. The van der Waals surface area contributed by atoms with Gasteiger partial charge in [0.05, 0.1) is 22.4 Å².